The number of aliphatic carboxylic acids is 1. The topological polar surface area (TPSA) is 105 Å². The third kappa shape index (κ3) is 4.97. The van der Waals surface area contributed by atoms with Crippen LogP contribution in [0.15, 0.2) is 48.5 Å². The first kappa shape index (κ1) is 21.4. The third-order valence-electron chi connectivity index (χ3n) is 5.28. The molecule has 1 unspecified atom stereocenters. The van der Waals surface area contributed by atoms with E-state index in [2.05, 4.69) is 22.8 Å². The highest BCUT2D eigenvalue weighted by atomic mass is 16.5. The van der Waals surface area contributed by atoms with Crippen LogP contribution < -0.4 is 10.6 Å². The van der Waals surface area contributed by atoms with E-state index in [1.165, 1.54) is 0 Å². The molecule has 1 atom stereocenters. The van der Waals surface area contributed by atoms with Crippen LogP contribution in [0.3, 0.4) is 0 Å². The summed E-state index contributed by atoms with van der Waals surface area (Å²) in [5.74, 6) is -1.54. The minimum absolute atomic E-state index is 0.0421. The van der Waals surface area contributed by atoms with Crippen LogP contribution in [0.1, 0.15) is 37.3 Å². The first-order chi connectivity index (χ1) is 14.4. The summed E-state index contributed by atoms with van der Waals surface area (Å²) in [6.45, 7) is 3.54. The molecule has 0 heterocycles. The summed E-state index contributed by atoms with van der Waals surface area (Å²) in [5, 5.41) is 14.0. The lowest BCUT2D eigenvalue weighted by Gasteiger charge is -2.20. The second kappa shape index (κ2) is 9.43. The predicted molar refractivity (Wildman–Crippen MR) is 112 cm³/mol. The maximum absolute atomic E-state index is 12.1. The van der Waals surface area contributed by atoms with E-state index in [1.807, 2.05) is 50.2 Å². The number of nitrogens with one attached hydrogen (secondary N) is 2. The first-order valence-electron chi connectivity index (χ1n) is 9.96. The van der Waals surface area contributed by atoms with Gasteiger partial charge in [-0.25, -0.2) is 4.79 Å². The molecule has 30 heavy (non-hydrogen) atoms. The minimum Gasteiger partial charge on any atom is -0.481 e. The number of hydrogen-bond acceptors (Lipinski definition) is 4. The van der Waals surface area contributed by atoms with E-state index in [4.69, 9.17) is 9.84 Å². The smallest absolute Gasteiger partial charge is 0.407 e. The highest BCUT2D eigenvalue weighted by Crippen LogP contribution is 2.44. The zero-order chi connectivity index (χ0) is 21.7. The summed E-state index contributed by atoms with van der Waals surface area (Å²) in [4.78, 5) is 35.1. The molecular formula is C23H26N2O5. The lowest BCUT2D eigenvalue weighted by atomic mass is 9.98. The second-order valence-corrected chi connectivity index (χ2v) is 7.69. The van der Waals surface area contributed by atoms with E-state index in [-0.39, 0.29) is 31.4 Å². The molecule has 2 aromatic carbocycles. The van der Waals surface area contributed by atoms with Gasteiger partial charge in [0.2, 0.25) is 5.91 Å². The monoisotopic (exact) mass is 410 g/mol. The zero-order valence-corrected chi connectivity index (χ0v) is 17.1. The second-order valence-electron chi connectivity index (χ2n) is 7.69. The third-order valence-corrected chi connectivity index (χ3v) is 5.28. The van der Waals surface area contributed by atoms with E-state index in [0.29, 0.717) is 0 Å². The van der Waals surface area contributed by atoms with Gasteiger partial charge >= 0.3 is 12.1 Å². The van der Waals surface area contributed by atoms with E-state index in [1.54, 1.807) is 0 Å². The maximum Gasteiger partial charge on any atom is 0.407 e. The molecule has 158 valence electrons. The van der Waals surface area contributed by atoms with Crippen LogP contribution in [-0.2, 0) is 14.3 Å². The highest BCUT2D eigenvalue weighted by molar-refractivity contribution is 5.83. The Balaban J connectivity index is 1.53. The molecule has 7 heteroatoms. The van der Waals surface area contributed by atoms with Gasteiger partial charge in [0.1, 0.15) is 13.2 Å². The Hall–Kier alpha value is -3.35. The van der Waals surface area contributed by atoms with E-state index >= 15 is 0 Å². The molecule has 3 rings (SSSR count). The van der Waals surface area contributed by atoms with Gasteiger partial charge in [0.15, 0.2) is 0 Å². The number of ether oxygens (including phenoxy) is 1. The number of benzene rings is 2. The van der Waals surface area contributed by atoms with Gasteiger partial charge in [0.05, 0.1) is 6.42 Å². The highest BCUT2D eigenvalue weighted by Gasteiger charge is 2.29. The Labute approximate surface area is 175 Å². The van der Waals surface area contributed by atoms with Crippen molar-refractivity contribution in [1.82, 2.24) is 10.6 Å². The summed E-state index contributed by atoms with van der Waals surface area (Å²) in [7, 11) is 0. The largest absolute Gasteiger partial charge is 0.481 e. The summed E-state index contributed by atoms with van der Waals surface area (Å²) in [6.07, 6.45) is -0.861. The molecule has 0 bridgehead atoms. The summed E-state index contributed by atoms with van der Waals surface area (Å²) in [5.41, 5.74) is 4.50. The molecule has 0 radical (unpaired) electrons. The van der Waals surface area contributed by atoms with Gasteiger partial charge < -0.3 is 20.5 Å². The SMILES string of the molecule is CC(C)C(CC(=O)O)NC(=O)CNC(=O)OCC1c2ccccc2-c2ccccc21. The Bertz CT molecular complexity index is 895. The molecule has 7 nitrogen and oxygen atoms in total. The fraction of sp³-hybridized carbons (Fsp3) is 0.348. The number of carbonyl (C=O) groups excluding carboxylic acids is 2. The number of hydrogen-bond donors (Lipinski definition) is 3. The van der Waals surface area contributed by atoms with Crippen molar-refractivity contribution in [2.45, 2.75) is 32.2 Å². The summed E-state index contributed by atoms with van der Waals surface area (Å²) >= 11 is 0. The summed E-state index contributed by atoms with van der Waals surface area (Å²) < 4.78 is 5.38. The normalized spacial score (nSPS) is 13.3. The molecule has 1 aliphatic rings. The number of fused-ring (bicyclic) bond motifs is 3. The average molecular weight is 410 g/mol. The zero-order valence-electron chi connectivity index (χ0n) is 17.1. The fourth-order valence-corrected chi connectivity index (χ4v) is 3.70. The van der Waals surface area contributed by atoms with E-state index < -0.39 is 24.0 Å². The van der Waals surface area contributed by atoms with Gasteiger partial charge in [-0.1, -0.05) is 62.4 Å². The Morgan fingerprint density at radius 3 is 2.10 bits per heavy atom. The van der Waals surface area contributed by atoms with Crippen molar-refractivity contribution in [3.05, 3.63) is 59.7 Å². The van der Waals surface area contributed by atoms with Crippen LogP contribution >= 0.6 is 0 Å². The van der Waals surface area contributed by atoms with Crippen LogP contribution in [0.2, 0.25) is 0 Å². The molecule has 0 aliphatic heterocycles. The van der Waals surface area contributed by atoms with Crippen molar-refractivity contribution in [2.24, 2.45) is 5.92 Å². The number of carboxylic acids is 1. The quantitative estimate of drug-likeness (QED) is 0.620. The lowest BCUT2D eigenvalue weighted by Crippen LogP contribution is -2.45. The molecule has 2 amide bonds. The molecule has 1 aliphatic carbocycles. The van der Waals surface area contributed by atoms with Crippen LogP contribution in [0.25, 0.3) is 11.1 Å². The van der Waals surface area contributed by atoms with Crippen molar-refractivity contribution in [1.29, 1.82) is 0 Å². The van der Waals surface area contributed by atoms with Gasteiger partial charge in [-0.15, -0.1) is 0 Å². The maximum atomic E-state index is 12.1. The van der Waals surface area contributed by atoms with Gasteiger partial charge in [0.25, 0.3) is 0 Å². The number of alkyl carbamates (subject to hydrolysis) is 1. The number of carbonyl (C=O) groups is 3. The molecular weight excluding hydrogens is 384 g/mol. The van der Waals surface area contributed by atoms with Crippen LogP contribution in [-0.4, -0.2) is 42.3 Å². The molecule has 0 aromatic heterocycles. The summed E-state index contributed by atoms with van der Waals surface area (Å²) in [6, 6.07) is 15.6. The van der Waals surface area contributed by atoms with Crippen molar-refractivity contribution in [3.8, 4) is 11.1 Å². The number of carboxylic acid groups (broad SMARTS) is 1. The molecule has 2 aromatic rings. The van der Waals surface area contributed by atoms with Crippen molar-refractivity contribution in [2.75, 3.05) is 13.2 Å². The molecule has 3 N–H and O–H groups in total. The standard InChI is InChI=1S/C23H26N2O5/c1-14(2)20(11-22(27)28)25-21(26)12-24-23(29)30-13-19-17-9-5-3-7-15(17)16-8-4-6-10-18(16)19/h3-10,14,19-20H,11-13H2,1-2H3,(H,24,29)(H,25,26)(H,27,28). The Morgan fingerprint density at radius 2 is 1.57 bits per heavy atom. The van der Waals surface area contributed by atoms with Gasteiger partial charge in [-0.3, -0.25) is 9.59 Å². The minimum atomic E-state index is -0.988. The average Bonchev–Trinajstić information content (AvgIpc) is 3.04. The van der Waals surface area contributed by atoms with E-state index in [0.717, 1.165) is 22.3 Å². The van der Waals surface area contributed by atoms with Crippen LogP contribution in [0, 0.1) is 5.92 Å². The molecule has 0 spiro atoms. The van der Waals surface area contributed by atoms with Gasteiger partial charge in [-0.2, -0.15) is 0 Å². The van der Waals surface area contributed by atoms with Gasteiger partial charge in [-0.05, 0) is 28.2 Å². The molecule has 0 saturated carbocycles. The molecule has 0 fully saturated rings. The van der Waals surface area contributed by atoms with E-state index in [9.17, 15) is 14.4 Å². The van der Waals surface area contributed by atoms with Crippen molar-refractivity contribution in [3.63, 3.8) is 0 Å². The Kier molecular flexibility index (Phi) is 6.72. The van der Waals surface area contributed by atoms with Crippen LogP contribution in [0.5, 0.6) is 0 Å². The Morgan fingerprint density at radius 1 is 1.00 bits per heavy atom. The number of amides is 2. The van der Waals surface area contributed by atoms with Crippen LogP contribution in [0.4, 0.5) is 4.79 Å². The fourth-order valence-electron chi connectivity index (χ4n) is 3.70. The van der Waals surface area contributed by atoms with Gasteiger partial charge in [0, 0.05) is 12.0 Å². The molecule has 0 saturated heterocycles. The number of rotatable bonds is 8. The van der Waals surface area contributed by atoms with Crippen molar-refractivity contribution >= 4 is 18.0 Å². The lowest BCUT2D eigenvalue weighted by molar-refractivity contribution is -0.138. The first-order valence-corrected chi connectivity index (χ1v) is 9.96. The predicted octanol–water partition coefficient (Wildman–Crippen LogP) is 3.14. The van der Waals surface area contributed by atoms with Crippen molar-refractivity contribution < 1.29 is 24.2 Å².